The number of anilines is 1. The number of para-hydroxylation sites is 1. The minimum atomic E-state index is -0.284. The van der Waals surface area contributed by atoms with E-state index in [1.54, 1.807) is 7.11 Å². The van der Waals surface area contributed by atoms with Crippen molar-refractivity contribution in [3.8, 4) is 0 Å². The van der Waals surface area contributed by atoms with Gasteiger partial charge in [0.15, 0.2) is 11.5 Å². The standard InChI is InChI=1S/C18H22N4O3/c1-25-12-10-19-18(24)16-21-15(14-9-5-6-11-22(14)16)17(23)20-13-7-3-2-4-8-13/h2-4,7-8H,5-6,9-12H2,1H3,(H,19,24)(H,20,23). The largest absolute Gasteiger partial charge is 0.383 e. The molecule has 0 unspecified atom stereocenters. The second-order valence-corrected chi connectivity index (χ2v) is 5.91. The van der Waals surface area contributed by atoms with E-state index in [1.165, 1.54) is 0 Å². The van der Waals surface area contributed by atoms with Crippen molar-refractivity contribution in [1.29, 1.82) is 0 Å². The summed E-state index contributed by atoms with van der Waals surface area (Å²) in [6.45, 7) is 1.54. The van der Waals surface area contributed by atoms with Crippen LogP contribution in [0.25, 0.3) is 0 Å². The minimum absolute atomic E-state index is 0.279. The number of methoxy groups -OCH3 is 1. The number of hydrogen-bond acceptors (Lipinski definition) is 4. The molecule has 1 aliphatic rings. The van der Waals surface area contributed by atoms with E-state index in [0.29, 0.717) is 36.9 Å². The van der Waals surface area contributed by atoms with Gasteiger partial charge in [0.1, 0.15) is 0 Å². The molecule has 0 atom stereocenters. The number of nitrogens with one attached hydrogen (secondary N) is 2. The number of imidazole rings is 1. The Kier molecular flexibility index (Phi) is 5.45. The molecule has 1 aromatic heterocycles. The smallest absolute Gasteiger partial charge is 0.287 e. The highest BCUT2D eigenvalue weighted by atomic mass is 16.5. The van der Waals surface area contributed by atoms with Crippen molar-refractivity contribution in [1.82, 2.24) is 14.9 Å². The maximum absolute atomic E-state index is 12.6. The van der Waals surface area contributed by atoms with Gasteiger partial charge in [0.05, 0.1) is 12.3 Å². The molecule has 132 valence electrons. The Balaban J connectivity index is 1.84. The molecule has 3 rings (SSSR count). The second kappa shape index (κ2) is 7.94. The number of fused-ring (bicyclic) bond motifs is 1. The van der Waals surface area contributed by atoms with Crippen LogP contribution < -0.4 is 10.6 Å². The number of hydrogen-bond donors (Lipinski definition) is 2. The summed E-state index contributed by atoms with van der Waals surface area (Å²) in [4.78, 5) is 29.4. The van der Waals surface area contributed by atoms with Gasteiger partial charge in [-0.05, 0) is 31.4 Å². The van der Waals surface area contributed by atoms with Gasteiger partial charge < -0.3 is 19.9 Å². The van der Waals surface area contributed by atoms with Gasteiger partial charge in [0, 0.05) is 25.9 Å². The van der Waals surface area contributed by atoms with Crippen LogP contribution in [0.15, 0.2) is 30.3 Å². The highest BCUT2D eigenvalue weighted by Crippen LogP contribution is 2.22. The van der Waals surface area contributed by atoms with Crippen LogP contribution in [0.1, 0.15) is 39.6 Å². The zero-order valence-electron chi connectivity index (χ0n) is 14.2. The van der Waals surface area contributed by atoms with Crippen molar-refractivity contribution in [3.05, 3.63) is 47.5 Å². The first-order valence-corrected chi connectivity index (χ1v) is 8.43. The Labute approximate surface area is 146 Å². The average Bonchev–Trinajstić information content (AvgIpc) is 3.03. The zero-order valence-corrected chi connectivity index (χ0v) is 14.2. The molecule has 0 fully saturated rings. The normalized spacial score (nSPS) is 13.2. The molecule has 0 spiro atoms. The molecule has 0 bridgehead atoms. The minimum Gasteiger partial charge on any atom is -0.383 e. The molecule has 2 amide bonds. The van der Waals surface area contributed by atoms with E-state index in [1.807, 2.05) is 34.9 Å². The van der Waals surface area contributed by atoms with Gasteiger partial charge in [-0.3, -0.25) is 9.59 Å². The van der Waals surface area contributed by atoms with Gasteiger partial charge in [-0.15, -0.1) is 0 Å². The van der Waals surface area contributed by atoms with Crippen molar-refractivity contribution < 1.29 is 14.3 Å². The van der Waals surface area contributed by atoms with Gasteiger partial charge in [-0.25, -0.2) is 4.98 Å². The van der Waals surface area contributed by atoms with Crippen molar-refractivity contribution in [2.45, 2.75) is 25.8 Å². The SMILES string of the molecule is COCCNC(=O)c1nc(C(=O)Nc2ccccc2)c2n1CCCC2. The Morgan fingerprint density at radius 2 is 2.00 bits per heavy atom. The molecule has 0 aliphatic carbocycles. The highest BCUT2D eigenvalue weighted by molar-refractivity contribution is 6.05. The van der Waals surface area contributed by atoms with E-state index in [0.717, 1.165) is 25.0 Å². The Hall–Kier alpha value is -2.67. The van der Waals surface area contributed by atoms with Crippen molar-refractivity contribution in [2.24, 2.45) is 0 Å². The quantitative estimate of drug-likeness (QED) is 0.785. The van der Waals surface area contributed by atoms with Crippen molar-refractivity contribution >= 4 is 17.5 Å². The van der Waals surface area contributed by atoms with E-state index < -0.39 is 0 Å². The molecule has 1 aliphatic heterocycles. The lowest BCUT2D eigenvalue weighted by atomic mass is 10.1. The summed E-state index contributed by atoms with van der Waals surface area (Å²) in [7, 11) is 1.58. The van der Waals surface area contributed by atoms with Gasteiger partial charge in [0.2, 0.25) is 0 Å². The molecular weight excluding hydrogens is 320 g/mol. The number of nitrogens with zero attached hydrogens (tertiary/aromatic N) is 2. The van der Waals surface area contributed by atoms with Crippen LogP contribution in [0.2, 0.25) is 0 Å². The fourth-order valence-electron chi connectivity index (χ4n) is 2.96. The number of amides is 2. The first-order chi connectivity index (χ1) is 12.2. The molecule has 0 saturated heterocycles. The van der Waals surface area contributed by atoms with Crippen LogP contribution in [0, 0.1) is 0 Å². The number of aromatic nitrogens is 2. The van der Waals surface area contributed by atoms with E-state index in [4.69, 9.17) is 4.74 Å². The third-order valence-corrected chi connectivity index (χ3v) is 4.16. The van der Waals surface area contributed by atoms with Crippen LogP contribution in [0.5, 0.6) is 0 Å². The van der Waals surface area contributed by atoms with Crippen LogP contribution in [-0.4, -0.2) is 41.6 Å². The maximum Gasteiger partial charge on any atom is 0.287 e. The Morgan fingerprint density at radius 1 is 1.20 bits per heavy atom. The van der Waals surface area contributed by atoms with Gasteiger partial charge in [0.25, 0.3) is 11.8 Å². The molecule has 25 heavy (non-hydrogen) atoms. The predicted octanol–water partition coefficient (Wildman–Crippen LogP) is 1.85. The summed E-state index contributed by atoms with van der Waals surface area (Å²) in [6.07, 6.45) is 2.71. The molecular formula is C18H22N4O3. The average molecular weight is 342 g/mol. The zero-order chi connectivity index (χ0) is 17.6. The van der Waals surface area contributed by atoms with Crippen LogP contribution in [-0.2, 0) is 17.7 Å². The first-order valence-electron chi connectivity index (χ1n) is 8.43. The van der Waals surface area contributed by atoms with Crippen LogP contribution in [0.4, 0.5) is 5.69 Å². The van der Waals surface area contributed by atoms with Gasteiger partial charge in [-0.2, -0.15) is 0 Å². The van der Waals surface area contributed by atoms with E-state index in [-0.39, 0.29) is 11.8 Å². The molecule has 2 heterocycles. The summed E-state index contributed by atoms with van der Waals surface area (Å²) in [5.41, 5.74) is 1.87. The predicted molar refractivity (Wildman–Crippen MR) is 93.8 cm³/mol. The summed E-state index contributed by atoms with van der Waals surface area (Å²) in [5, 5.41) is 5.62. The fraction of sp³-hybridized carbons (Fsp3) is 0.389. The summed E-state index contributed by atoms with van der Waals surface area (Å²) < 4.78 is 6.81. The highest BCUT2D eigenvalue weighted by Gasteiger charge is 2.27. The van der Waals surface area contributed by atoms with Crippen molar-refractivity contribution in [2.75, 3.05) is 25.6 Å². The van der Waals surface area contributed by atoms with Gasteiger partial charge >= 0.3 is 0 Å². The van der Waals surface area contributed by atoms with Gasteiger partial charge in [-0.1, -0.05) is 18.2 Å². The lowest BCUT2D eigenvalue weighted by molar-refractivity contribution is 0.0921. The second-order valence-electron chi connectivity index (χ2n) is 5.91. The number of ether oxygens (including phenoxy) is 1. The maximum atomic E-state index is 12.6. The number of carbonyl (C=O) groups is 2. The molecule has 0 radical (unpaired) electrons. The molecule has 2 aromatic rings. The summed E-state index contributed by atoms with van der Waals surface area (Å²) in [6, 6.07) is 9.23. The summed E-state index contributed by atoms with van der Waals surface area (Å²) >= 11 is 0. The number of rotatable bonds is 6. The number of benzene rings is 1. The van der Waals surface area contributed by atoms with E-state index in [2.05, 4.69) is 15.6 Å². The molecule has 2 N–H and O–H groups in total. The van der Waals surface area contributed by atoms with Crippen molar-refractivity contribution in [3.63, 3.8) is 0 Å². The van der Waals surface area contributed by atoms with E-state index >= 15 is 0 Å². The van der Waals surface area contributed by atoms with E-state index in [9.17, 15) is 9.59 Å². The third kappa shape index (κ3) is 3.88. The first kappa shape index (κ1) is 17.2. The molecule has 0 saturated carbocycles. The fourth-order valence-corrected chi connectivity index (χ4v) is 2.96. The molecule has 7 heteroatoms. The summed E-state index contributed by atoms with van der Waals surface area (Å²) in [5.74, 6) is -0.268. The number of carbonyl (C=O) groups excluding carboxylic acids is 2. The Morgan fingerprint density at radius 3 is 2.76 bits per heavy atom. The Bertz CT molecular complexity index is 755. The van der Waals surface area contributed by atoms with Crippen LogP contribution >= 0.6 is 0 Å². The molecule has 7 nitrogen and oxygen atoms in total. The lowest BCUT2D eigenvalue weighted by Gasteiger charge is -2.17. The van der Waals surface area contributed by atoms with Crippen LogP contribution in [0.3, 0.4) is 0 Å². The topological polar surface area (TPSA) is 85.2 Å². The lowest BCUT2D eigenvalue weighted by Crippen LogP contribution is -2.30. The molecule has 1 aromatic carbocycles. The third-order valence-electron chi connectivity index (χ3n) is 4.16. The monoisotopic (exact) mass is 342 g/mol.